The van der Waals surface area contributed by atoms with Gasteiger partial charge < -0.3 is 10.1 Å². The van der Waals surface area contributed by atoms with Gasteiger partial charge >= 0.3 is 0 Å². The number of hydrogen-bond acceptors (Lipinski definition) is 3. The summed E-state index contributed by atoms with van der Waals surface area (Å²) in [5.74, 6) is 0.598. The first kappa shape index (κ1) is 18.4. The van der Waals surface area contributed by atoms with Crippen LogP contribution in [0.2, 0.25) is 0 Å². The van der Waals surface area contributed by atoms with E-state index in [0.29, 0.717) is 19.7 Å². The van der Waals surface area contributed by atoms with Gasteiger partial charge in [-0.1, -0.05) is 24.3 Å². The highest BCUT2D eigenvalue weighted by Crippen LogP contribution is 2.32. The second-order valence-corrected chi connectivity index (χ2v) is 6.53. The van der Waals surface area contributed by atoms with Crippen LogP contribution in [-0.4, -0.2) is 30.5 Å². The molecule has 138 valence electrons. The molecule has 1 unspecified atom stereocenters. The lowest BCUT2D eigenvalue weighted by molar-refractivity contribution is -0.122. The summed E-state index contributed by atoms with van der Waals surface area (Å²) in [6.07, 6.45) is 2.14. The minimum absolute atomic E-state index is 0.00726. The van der Waals surface area contributed by atoms with Crippen molar-refractivity contribution in [3.8, 4) is 5.75 Å². The smallest absolute Gasteiger partial charge is 0.234 e. The van der Waals surface area contributed by atoms with Crippen molar-refractivity contribution in [1.82, 2.24) is 10.2 Å². The van der Waals surface area contributed by atoms with Gasteiger partial charge in [0.25, 0.3) is 0 Å². The first-order valence-electron chi connectivity index (χ1n) is 9.13. The number of nitrogens with zero attached hydrogens (tertiary/aromatic N) is 1. The first-order chi connectivity index (χ1) is 12.7. The number of halogens is 1. The van der Waals surface area contributed by atoms with Crippen molar-refractivity contribution < 1.29 is 13.9 Å². The van der Waals surface area contributed by atoms with E-state index < -0.39 is 0 Å². The Kier molecular flexibility index (Phi) is 6.23. The Labute approximate surface area is 154 Å². The monoisotopic (exact) mass is 356 g/mol. The summed E-state index contributed by atoms with van der Waals surface area (Å²) < 4.78 is 18.4. The van der Waals surface area contributed by atoms with E-state index in [2.05, 4.69) is 22.3 Å². The van der Waals surface area contributed by atoms with Crippen molar-refractivity contribution in [3.63, 3.8) is 0 Å². The maximum atomic E-state index is 12.9. The lowest BCUT2D eigenvalue weighted by Crippen LogP contribution is -2.36. The molecule has 1 heterocycles. The summed E-state index contributed by atoms with van der Waals surface area (Å²) in [5.41, 5.74) is 2.11. The third-order valence-electron chi connectivity index (χ3n) is 4.69. The molecule has 1 fully saturated rings. The van der Waals surface area contributed by atoms with Crippen LogP contribution in [0.3, 0.4) is 0 Å². The van der Waals surface area contributed by atoms with E-state index >= 15 is 0 Å². The van der Waals surface area contributed by atoms with E-state index in [1.165, 1.54) is 17.7 Å². The van der Waals surface area contributed by atoms with Crippen LogP contribution in [0.15, 0.2) is 48.5 Å². The van der Waals surface area contributed by atoms with Gasteiger partial charge in [-0.25, -0.2) is 4.39 Å². The van der Waals surface area contributed by atoms with Gasteiger partial charge in [0.1, 0.15) is 11.6 Å². The van der Waals surface area contributed by atoms with Crippen LogP contribution in [0.1, 0.15) is 36.9 Å². The van der Waals surface area contributed by atoms with Crippen molar-refractivity contribution in [2.75, 3.05) is 19.7 Å². The Morgan fingerprint density at radius 2 is 1.92 bits per heavy atom. The molecule has 1 atom stereocenters. The molecule has 1 saturated heterocycles. The Hall–Kier alpha value is -2.40. The number of amides is 1. The van der Waals surface area contributed by atoms with Crippen LogP contribution >= 0.6 is 0 Å². The van der Waals surface area contributed by atoms with Crippen LogP contribution in [0.4, 0.5) is 4.39 Å². The summed E-state index contributed by atoms with van der Waals surface area (Å²) in [4.78, 5) is 14.5. The molecule has 1 amide bonds. The second kappa shape index (κ2) is 8.81. The van der Waals surface area contributed by atoms with Crippen LogP contribution in [0.5, 0.6) is 5.75 Å². The topological polar surface area (TPSA) is 41.6 Å². The minimum atomic E-state index is -0.268. The van der Waals surface area contributed by atoms with Crippen LogP contribution < -0.4 is 10.1 Å². The first-order valence-corrected chi connectivity index (χ1v) is 9.13. The molecule has 0 aromatic heterocycles. The molecule has 4 nitrogen and oxygen atoms in total. The molecule has 3 rings (SSSR count). The van der Waals surface area contributed by atoms with Gasteiger partial charge in [0.05, 0.1) is 13.2 Å². The Bertz CT molecular complexity index is 716. The highest BCUT2D eigenvalue weighted by Gasteiger charge is 2.27. The SMILES string of the molecule is CCOc1ccc(C2CCCN2CC(=O)NCc2ccc(F)cc2)cc1. The fourth-order valence-corrected chi connectivity index (χ4v) is 3.39. The summed E-state index contributed by atoms with van der Waals surface area (Å²) in [6, 6.07) is 14.6. The quantitative estimate of drug-likeness (QED) is 0.823. The van der Waals surface area contributed by atoms with E-state index in [1.54, 1.807) is 12.1 Å². The molecule has 2 aromatic rings. The molecular weight excluding hydrogens is 331 g/mol. The highest BCUT2D eigenvalue weighted by atomic mass is 19.1. The van der Waals surface area contributed by atoms with Gasteiger partial charge in [0.2, 0.25) is 5.91 Å². The lowest BCUT2D eigenvalue weighted by Gasteiger charge is -2.24. The zero-order chi connectivity index (χ0) is 18.4. The molecule has 0 spiro atoms. The van der Waals surface area contributed by atoms with E-state index in [1.807, 2.05) is 19.1 Å². The summed E-state index contributed by atoms with van der Waals surface area (Å²) in [5, 5.41) is 2.92. The predicted octanol–water partition coefficient (Wildman–Crippen LogP) is 3.68. The predicted molar refractivity (Wildman–Crippen MR) is 99.4 cm³/mol. The molecule has 2 aromatic carbocycles. The third kappa shape index (κ3) is 4.82. The Morgan fingerprint density at radius 1 is 1.19 bits per heavy atom. The van der Waals surface area contributed by atoms with Gasteiger partial charge in [0, 0.05) is 12.6 Å². The van der Waals surface area contributed by atoms with Gasteiger partial charge in [-0.15, -0.1) is 0 Å². The van der Waals surface area contributed by atoms with E-state index in [-0.39, 0.29) is 17.8 Å². The van der Waals surface area contributed by atoms with E-state index in [0.717, 1.165) is 30.7 Å². The fourth-order valence-electron chi connectivity index (χ4n) is 3.39. The number of hydrogen-bond donors (Lipinski definition) is 1. The van der Waals surface area contributed by atoms with Gasteiger partial charge in [-0.2, -0.15) is 0 Å². The van der Waals surface area contributed by atoms with Gasteiger partial charge in [-0.3, -0.25) is 9.69 Å². The number of likely N-dealkylation sites (tertiary alicyclic amines) is 1. The Balaban J connectivity index is 1.54. The average molecular weight is 356 g/mol. The normalized spacial score (nSPS) is 17.2. The summed E-state index contributed by atoms with van der Waals surface area (Å²) in [6.45, 7) is 4.34. The van der Waals surface area contributed by atoms with E-state index in [9.17, 15) is 9.18 Å². The molecule has 0 bridgehead atoms. The van der Waals surface area contributed by atoms with Crippen molar-refractivity contribution in [2.24, 2.45) is 0 Å². The van der Waals surface area contributed by atoms with Gasteiger partial charge in [-0.05, 0) is 61.7 Å². The lowest BCUT2D eigenvalue weighted by atomic mass is 10.0. The maximum Gasteiger partial charge on any atom is 0.234 e. The van der Waals surface area contributed by atoms with E-state index in [4.69, 9.17) is 4.74 Å². The molecule has 0 radical (unpaired) electrons. The molecule has 26 heavy (non-hydrogen) atoms. The van der Waals surface area contributed by atoms with Crippen LogP contribution in [-0.2, 0) is 11.3 Å². The maximum absolute atomic E-state index is 12.9. The number of ether oxygens (including phenoxy) is 1. The average Bonchev–Trinajstić information content (AvgIpc) is 3.10. The van der Waals surface area contributed by atoms with Crippen molar-refractivity contribution in [3.05, 3.63) is 65.5 Å². The molecule has 1 aliphatic heterocycles. The minimum Gasteiger partial charge on any atom is -0.494 e. The number of rotatable bonds is 7. The fraction of sp³-hybridized carbons (Fsp3) is 0.381. The largest absolute Gasteiger partial charge is 0.494 e. The molecular formula is C21H25FN2O2. The van der Waals surface area contributed by atoms with Crippen LogP contribution in [0.25, 0.3) is 0 Å². The number of carbonyl (C=O) groups excluding carboxylic acids is 1. The third-order valence-corrected chi connectivity index (χ3v) is 4.69. The van der Waals surface area contributed by atoms with Crippen molar-refractivity contribution in [1.29, 1.82) is 0 Å². The molecule has 0 aliphatic carbocycles. The standard InChI is InChI=1S/C21H25FN2O2/c1-2-26-19-11-7-17(8-12-19)20-4-3-13-24(20)15-21(25)23-14-16-5-9-18(22)10-6-16/h5-12,20H,2-4,13-15H2,1H3,(H,23,25). The Morgan fingerprint density at radius 3 is 2.62 bits per heavy atom. The summed E-state index contributed by atoms with van der Waals surface area (Å²) in [7, 11) is 0. The summed E-state index contributed by atoms with van der Waals surface area (Å²) >= 11 is 0. The zero-order valence-electron chi connectivity index (χ0n) is 15.1. The van der Waals surface area contributed by atoms with Crippen molar-refractivity contribution >= 4 is 5.91 Å². The number of carbonyl (C=O) groups is 1. The molecule has 5 heteroatoms. The number of nitrogens with one attached hydrogen (secondary N) is 1. The van der Waals surface area contributed by atoms with Gasteiger partial charge in [0.15, 0.2) is 0 Å². The number of benzene rings is 2. The second-order valence-electron chi connectivity index (χ2n) is 6.53. The highest BCUT2D eigenvalue weighted by molar-refractivity contribution is 5.78. The zero-order valence-corrected chi connectivity index (χ0v) is 15.1. The van der Waals surface area contributed by atoms with Crippen LogP contribution in [0, 0.1) is 5.82 Å². The molecule has 1 aliphatic rings. The molecule has 1 N–H and O–H groups in total. The molecule has 0 saturated carbocycles. The van der Waals surface area contributed by atoms with Crippen molar-refractivity contribution in [2.45, 2.75) is 32.4 Å².